The second kappa shape index (κ2) is 5.81. The van der Waals surface area contributed by atoms with Gasteiger partial charge in [-0.2, -0.15) is 0 Å². The standard InChI is InChI=1S/C12H17NOS/c1-4-7-10(2)11(3)15(14)12-8-5-6-9-13-12/h4-6,8-11H,1,7H2,2-3H3. The smallest absolute Gasteiger partial charge is 0.127 e. The molecule has 0 N–H and O–H groups in total. The molecule has 1 aromatic heterocycles. The average molecular weight is 223 g/mol. The van der Waals surface area contributed by atoms with Gasteiger partial charge in [0, 0.05) is 11.4 Å². The molecule has 0 radical (unpaired) electrons. The SMILES string of the molecule is C=CCC(C)C(C)S(=O)c1ccccn1. The predicted octanol–water partition coefficient (Wildman–Crippen LogP) is 2.79. The Labute approximate surface area is 93.9 Å². The van der Waals surface area contributed by atoms with Crippen LogP contribution in [0.5, 0.6) is 0 Å². The van der Waals surface area contributed by atoms with Crippen molar-refractivity contribution in [2.75, 3.05) is 0 Å². The molecule has 3 unspecified atom stereocenters. The van der Waals surface area contributed by atoms with Crippen LogP contribution in [0.1, 0.15) is 20.3 Å². The van der Waals surface area contributed by atoms with E-state index in [0.29, 0.717) is 10.9 Å². The van der Waals surface area contributed by atoms with E-state index in [2.05, 4.69) is 18.5 Å². The van der Waals surface area contributed by atoms with Gasteiger partial charge in [0.05, 0.1) is 10.8 Å². The van der Waals surface area contributed by atoms with Crippen LogP contribution in [-0.2, 0) is 10.8 Å². The van der Waals surface area contributed by atoms with E-state index in [1.807, 2.05) is 31.2 Å². The summed E-state index contributed by atoms with van der Waals surface area (Å²) in [5.74, 6) is 0.366. The normalized spacial score (nSPS) is 16.7. The first-order valence-corrected chi connectivity index (χ1v) is 6.30. The molecule has 1 aromatic rings. The van der Waals surface area contributed by atoms with E-state index in [4.69, 9.17) is 0 Å². The number of allylic oxidation sites excluding steroid dienone is 1. The van der Waals surface area contributed by atoms with Crippen molar-refractivity contribution in [2.24, 2.45) is 5.92 Å². The fraction of sp³-hybridized carbons (Fsp3) is 0.417. The Morgan fingerprint density at radius 3 is 2.80 bits per heavy atom. The zero-order valence-electron chi connectivity index (χ0n) is 9.22. The number of rotatable bonds is 5. The van der Waals surface area contributed by atoms with Crippen LogP contribution < -0.4 is 0 Å². The lowest BCUT2D eigenvalue weighted by Gasteiger charge is -2.17. The monoisotopic (exact) mass is 223 g/mol. The van der Waals surface area contributed by atoms with E-state index in [-0.39, 0.29) is 5.25 Å². The van der Waals surface area contributed by atoms with E-state index in [0.717, 1.165) is 6.42 Å². The zero-order chi connectivity index (χ0) is 11.3. The zero-order valence-corrected chi connectivity index (χ0v) is 10.0. The van der Waals surface area contributed by atoms with Gasteiger partial charge in [-0.1, -0.05) is 26.0 Å². The van der Waals surface area contributed by atoms with E-state index in [9.17, 15) is 4.21 Å². The highest BCUT2D eigenvalue weighted by molar-refractivity contribution is 7.85. The summed E-state index contributed by atoms with van der Waals surface area (Å²) in [6, 6.07) is 5.51. The molecule has 0 bridgehead atoms. The summed E-state index contributed by atoms with van der Waals surface area (Å²) in [5, 5.41) is 0.777. The first-order chi connectivity index (χ1) is 7.16. The lowest BCUT2D eigenvalue weighted by molar-refractivity contribution is 0.564. The van der Waals surface area contributed by atoms with Gasteiger partial charge in [0.1, 0.15) is 5.03 Å². The Balaban J connectivity index is 2.73. The van der Waals surface area contributed by atoms with Crippen LogP contribution >= 0.6 is 0 Å². The minimum atomic E-state index is -1.02. The summed E-state index contributed by atoms with van der Waals surface area (Å²) in [6.07, 6.45) is 4.44. The highest BCUT2D eigenvalue weighted by Gasteiger charge is 2.19. The van der Waals surface area contributed by atoms with Gasteiger partial charge in [-0.25, -0.2) is 4.98 Å². The number of aromatic nitrogens is 1. The van der Waals surface area contributed by atoms with Gasteiger partial charge in [0.25, 0.3) is 0 Å². The summed E-state index contributed by atoms with van der Waals surface area (Å²) in [7, 11) is -1.02. The average Bonchev–Trinajstić information content (AvgIpc) is 2.28. The molecular formula is C12H17NOS. The maximum atomic E-state index is 12.1. The predicted molar refractivity (Wildman–Crippen MR) is 64.1 cm³/mol. The molecule has 1 heterocycles. The summed E-state index contributed by atoms with van der Waals surface area (Å²) >= 11 is 0. The van der Waals surface area contributed by atoms with Crippen LogP contribution in [0.15, 0.2) is 42.1 Å². The van der Waals surface area contributed by atoms with Crippen molar-refractivity contribution in [3.63, 3.8) is 0 Å². The molecule has 3 heteroatoms. The maximum Gasteiger partial charge on any atom is 0.127 e. The highest BCUT2D eigenvalue weighted by Crippen LogP contribution is 2.18. The second-order valence-electron chi connectivity index (χ2n) is 3.67. The quantitative estimate of drug-likeness (QED) is 0.718. The fourth-order valence-corrected chi connectivity index (χ4v) is 2.61. The molecule has 3 atom stereocenters. The number of hydrogen-bond acceptors (Lipinski definition) is 2. The Hall–Kier alpha value is -0.960. The molecule has 82 valence electrons. The molecule has 0 saturated carbocycles. The Morgan fingerprint density at radius 1 is 1.53 bits per heavy atom. The van der Waals surface area contributed by atoms with Crippen LogP contribution in [0.25, 0.3) is 0 Å². The van der Waals surface area contributed by atoms with Crippen LogP contribution in [0, 0.1) is 5.92 Å². The molecule has 15 heavy (non-hydrogen) atoms. The van der Waals surface area contributed by atoms with Gasteiger partial charge in [0.15, 0.2) is 0 Å². The topological polar surface area (TPSA) is 30.0 Å². The summed E-state index contributed by atoms with van der Waals surface area (Å²) < 4.78 is 12.1. The molecule has 0 fully saturated rings. The van der Waals surface area contributed by atoms with Gasteiger partial charge < -0.3 is 0 Å². The summed E-state index contributed by atoms with van der Waals surface area (Å²) in [4.78, 5) is 4.12. The highest BCUT2D eigenvalue weighted by atomic mass is 32.2. The lowest BCUT2D eigenvalue weighted by Crippen LogP contribution is -2.20. The Morgan fingerprint density at radius 2 is 2.27 bits per heavy atom. The molecule has 0 aliphatic rings. The first-order valence-electron chi connectivity index (χ1n) is 5.09. The van der Waals surface area contributed by atoms with E-state index in [1.165, 1.54) is 0 Å². The minimum absolute atomic E-state index is 0.109. The Bertz CT molecular complexity index is 337. The van der Waals surface area contributed by atoms with E-state index < -0.39 is 10.8 Å². The minimum Gasteiger partial charge on any atom is -0.252 e. The molecule has 0 aromatic carbocycles. The van der Waals surface area contributed by atoms with Crippen molar-refractivity contribution < 1.29 is 4.21 Å². The molecule has 0 aliphatic carbocycles. The van der Waals surface area contributed by atoms with Crippen molar-refractivity contribution in [3.05, 3.63) is 37.1 Å². The van der Waals surface area contributed by atoms with Crippen molar-refractivity contribution >= 4 is 10.8 Å². The fourth-order valence-electron chi connectivity index (χ4n) is 1.32. The number of pyridine rings is 1. The molecule has 2 nitrogen and oxygen atoms in total. The Kier molecular flexibility index (Phi) is 4.69. The lowest BCUT2D eigenvalue weighted by atomic mass is 10.1. The largest absolute Gasteiger partial charge is 0.252 e. The molecule has 0 spiro atoms. The van der Waals surface area contributed by atoms with Crippen molar-refractivity contribution in [2.45, 2.75) is 30.5 Å². The molecule has 0 amide bonds. The number of nitrogens with zero attached hydrogens (tertiary/aromatic N) is 1. The third kappa shape index (κ3) is 3.27. The van der Waals surface area contributed by atoms with Crippen molar-refractivity contribution in [1.82, 2.24) is 4.98 Å². The summed E-state index contributed by atoms with van der Waals surface area (Å²) in [6.45, 7) is 7.79. The van der Waals surface area contributed by atoms with Gasteiger partial charge >= 0.3 is 0 Å². The van der Waals surface area contributed by atoms with Crippen LogP contribution in [-0.4, -0.2) is 14.4 Å². The van der Waals surface area contributed by atoms with Crippen molar-refractivity contribution in [3.8, 4) is 0 Å². The molecule has 1 rings (SSSR count). The van der Waals surface area contributed by atoms with Gasteiger partial charge in [0.2, 0.25) is 0 Å². The van der Waals surface area contributed by atoms with Crippen LogP contribution in [0.3, 0.4) is 0 Å². The molecular weight excluding hydrogens is 206 g/mol. The van der Waals surface area contributed by atoms with Gasteiger partial charge in [-0.15, -0.1) is 6.58 Å². The van der Waals surface area contributed by atoms with Crippen LogP contribution in [0.4, 0.5) is 0 Å². The molecule has 0 aliphatic heterocycles. The maximum absolute atomic E-state index is 12.1. The van der Waals surface area contributed by atoms with E-state index >= 15 is 0 Å². The third-order valence-corrected chi connectivity index (χ3v) is 4.32. The summed E-state index contributed by atoms with van der Waals surface area (Å²) in [5.41, 5.74) is 0. The van der Waals surface area contributed by atoms with Gasteiger partial charge in [-0.3, -0.25) is 4.21 Å². The van der Waals surface area contributed by atoms with Gasteiger partial charge in [-0.05, 0) is 24.5 Å². The second-order valence-corrected chi connectivity index (χ2v) is 5.43. The van der Waals surface area contributed by atoms with Crippen molar-refractivity contribution in [1.29, 1.82) is 0 Å². The van der Waals surface area contributed by atoms with E-state index in [1.54, 1.807) is 6.20 Å². The first kappa shape index (κ1) is 12.1. The van der Waals surface area contributed by atoms with Crippen LogP contribution in [0.2, 0.25) is 0 Å². The molecule has 0 saturated heterocycles. The third-order valence-electron chi connectivity index (χ3n) is 2.52. The number of hydrogen-bond donors (Lipinski definition) is 0.